The Hall–Kier alpha value is -5.22. The lowest BCUT2D eigenvalue weighted by Crippen LogP contribution is -2.57. The van der Waals surface area contributed by atoms with Crippen molar-refractivity contribution in [2.45, 2.75) is 127 Å². The molecule has 1 aromatic rings. The van der Waals surface area contributed by atoms with Crippen molar-refractivity contribution in [2.75, 3.05) is 18.1 Å². The zero-order valence-corrected chi connectivity index (χ0v) is 40.6. The van der Waals surface area contributed by atoms with Gasteiger partial charge in [-0.25, -0.2) is 14.6 Å². The Bertz CT molecular complexity index is 2080. The molecule has 22 heteroatoms. The average Bonchev–Trinajstić information content (AvgIpc) is 3.75. The van der Waals surface area contributed by atoms with Crippen molar-refractivity contribution in [3.8, 4) is 0 Å². The Labute approximate surface area is 401 Å². The van der Waals surface area contributed by atoms with Crippen LogP contribution in [0.5, 0.6) is 0 Å². The fraction of sp³-hybridized carbons (Fsp3) is 0.578. The summed E-state index contributed by atoms with van der Waals surface area (Å²) in [5.74, 6) is -6.74. The summed E-state index contributed by atoms with van der Waals surface area (Å²) in [6.07, 6.45) is 7.14. The highest BCUT2D eigenvalue weighted by Crippen LogP contribution is 2.34. The van der Waals surface area contributed by atoms with Crippen molar-refractivity contribution in [1.29, 1.82) is 0 Å². The van der Waals surface area contributed by atoms with Crippen LogP contribution in [0.2, 0.25) is 0 Å². The topological polar surface area (TPSA) is 257 Å². The molecule has 4 N–H and O–H groups in total. The minimum atomic E-state index is -1.18. The predicted octanol–water partition coefficient (Wildman–Crippen LogP) is 3.14. The smallest absolute Gasteiger partial charge is 0.336 e. The van der Waals surface area contributed by atoms with E-state index >= 15 is 0 Å². The third kappa shape index (κ3) is 15.1. The summed E-state index contributed by atoms with van der Waals surface area (Å²) in [5, 5.41) is 11.3. The lowest BCUT2D eigenvalue weighted by Gasteiger charge is -2.30. The summed E-state index contributed by atoms with van der Waals surface area (Å²) >= 11 is 1.31. The fourth-order valence-electron chi connectivity index (χ4n) is 7.68. The molecule has 1 aliphatic carbocycles. The number of hydrogen-bond acceptors (Lipinski definition) is 16. The molecule has 0 aromatic carbocycles. The van der Waals surface area contributed by atoms with Gasteiger partial charge >= 0.3 is 11.9 Å². The third-order valence-electron chi connectivity index (χ3n) is 11.5. The molecule has 5 atom stereocenters. The first-order valence-electron chi connectivity index (χ1n) is 22.4. The first kappa shape index (κ1) is 52.7. The van der Waals surface area contributed by atoms with E-state index in [1.807, 2.05) is 6.07 Å². The predicted molar refractivity (Wildman–Crippen MR) is 248 cm³/mol. The quantitative estimate of drug-likeness (QED) is 0.0492. The molecule has 67 heavy (non-hydrogen) atoms. The number of thioether (sulfide) groups is 1. The second-order valence-corrected chi connectivity index (χ2v) is 21.0. The zero-order valence-electron chi connectivity index (χ0n) is 38.2. The summed E-state index contributed by atoms with van der Waals surface area (Å²) in [7, 11) is 2.56. The van der Waals surface area contributed by atoms with E-state index < -0.39 is 94.6 Å². The summed E-state index contributed by atoms with van der Waals surface area (Å²) in [5.41, 5.74) is -0.148. The van der Waals surface area contributed by atoms with E-state index in [-0.39, 0.29) is 61.4 Å². The number of cyclic esters (lactones) is 1. The maximum Gasteiger partial charge on any atom is 0.336 e. The van der Waals surface area contributed by atoms with Crippen LogP contribution in [0.3, 0.4) is 0 Å². The molecule has 364 valence electrons. The van der Waals surface area contributed by atoms with Gasteiger partial charge in [-0.05, 0) is 91.5 Å². The van der Waals surface area contributed by atoms with Crippen LogP contribution in [0, 0.1) is 23.7 Å². The number of pyridine rings is 1. The Morgan fingerprint density at radius 1 is 0.881 bits per heavy atom. The van der Waals surface area contributed by atoms with Crippen molar-refractivity contribution < 1.29 is 57.5 Å². The number of nitrogens with one attached hydrogen (secondary N) is 4. The van der Waals surface area contributed by atoms with Gasteiger partial charge in [0.1, 0.15) is 35.0 Å². The van der Waals surface area contributed by atoms with Crippen molar-refractivity contribution in [1.82, 2.24) is 36.2 Å². The highest BCUT2D eigenvalue weighted by Gasteiger charge is 2.42. The number of likely N-dealkylation sites (tertiary alicyclic amines) is 1. The first-order valence-corrected chi connectivity index (χ1v) is 25.8. The van der Waals surface area contributed by atoms with E-state index in [1.165, 1.54) is 50.4 Å². The van der Waals surface area contributed by atoms with Gasteiger partial charge in [-0.2, -0.15) is 0 Å². The van der Waals surface area contributed by atoms with Crippen LogP contribution in [-0.2, 0) is 57.5 Å². The number of allylic oxidation sites excluding steroid dienone is 2. The molecule has 19 nitrogen and oxygen atoms in total. The molecule has 1 aromatic heterocycles. The van der Waals surface area contributed by atoms with E-state index in [9.17, 15) is 47.9 Å². The number of aromatic nitrogens is 1. The molecule has 5 rings (SSSR count). The van der Waals surface area contributed by atoms with Crippen LogP contribution in [0.4, 0.5) is 0 Å². The standard InChI is InChI=1S/C45H59N7O12S3/c1-6-30-40(57)50-39(26(4)5)45(62)63-29(21-33(53)49-38(25(2)3)42(59)48-31(41(58)47-30)24-66-67-34-12-7-9-19-46-34)11-8-10-20-65-32-22-37(56)51(43(32)60)23-27-13-15-28(16-14-27)44(61)64-52-35(54)17-18-36(52)55/h6-9,11-12,19,25-29,31-32,38-39H,10,13-18,20-24H2,1-5H3,(H,47,58)(H,48,59)(H,49,53)(H,50,57)/b11-8+,30-6+/t27?,28?,29-,31-,32?,38+,39-/m0/s1. The van der Waals surface area contributed by atoms with Crippen LogP contribution >= 0.6 is 33.3 Å². The SMILES string of the molecule is C/C=C1/NC(=O)[C@H](CSSc2ccccn2)NC(=O)[C@@H](C(C)C)NC(=O)C[C@H](/C=C/CCSC2CC(=O)N(CC3CCC(C(=O)ON4C(=O)CCC4=O)CC3)C2=O)OC(=O)[C@H](C(C)C)NC1=O. The van der Waals surface area contributed by atoms with E-state index in [4.69, 9.17) is 9.57 Å². The normalized spacial score (nSPS) is 26.9. The monoisotopic (exact) mass is 985 g/mol. The number of esters is 1. The van der Waals surface area contributed by atoms with Crippen LogP contribution in [-0.4, -0.2) is 122 Å². The number of imide groups is 2. The van der Waals surface area contributed by atoms with Gasteiger partial charge in [0, 0.05) is 37.8 Å². The van der Waals surface area contributed by atoms with Crippen molar-refractivity contribution >= 4 is 92.5 Å². The first-order chi connectivity index (χ1) is 31.9. The molecule has 0 spiro atoms. The summed E-state index contributed by atoms with van der Waals surface area (Å²) in [4.78, 5) is 142. The average molecular weight is 986 g/mol. The fourth-order valence-corrected chi connectivity index (χ4v) is 10.8. The van der Waals surface area contributed by atoms with Gasteiger partial charge in [0.2, 0.25) is 29.5 Å². The highest BCUT2D eigenvalue weighted by molar-refractivity contribution is 8.76. The second kappa shape index (κ2) is 25.2. The molecule has 3 saturated heterocycles. The molecular formula is C45H59N7O12S3. The van der Waals surface area contributed by atoms with E-state index in [0.29, 0.717) is 47.9 Å². The van der Waals surface area contributed by atoms with Crippen LogP contribution < -0.4 is 21.3 Å². The zero-order chi connectivity index (χ0) is 48.8. The lowest BCUT2D eigenvalue weighted by atomic mass is 9.82. The van der Waals surface area contributed by atoms with Crippen LogP contribution in [0.25, 0.3) is 0 Å². The molecule has 4 heterocycles. The number of carbonyl (C=O) groups excluding carboxylic acids is 10. The van der Waals surface area contributed by atoms with Crippen molar-refractivity contribution in [2.24, 2.45) is 23.7 Å². The van der Waals surface area contributed by atoms with Gasteiger partial charge in [0.15, 0.2) is 0 Å². The Kier molecular flexibility index (Phi) is 19.9. The molecule has 8 amide bonds. The molecule has 1 unspecified atom stereocenters. The maximum absolute atomic E-state index is 13.8. The lowest BCUT2D eigenvalue weighted by molar-refractivity contribution is -0.201. The molecule has 0 radical (unpaired) electrons. The minimum Gasteiger partial charge on any atom is -0.456 e. The molecule has 4 aliphatic rings. The van der Waals surface area contributed by atoms with E-state index in [1.54, 1.807) is 59.0 Å². The van der Waals surface area contributed by atoms with Gasteiger partial charge in [-0.15, -0.1) is 16.8 Å². The van der Waals surface area contributed by atoms with Gasteiger partial charge in [0.05, 0.1) is 17.6 Å². The summed E-state index contributed by atoms with van der Waals surface area (Å²) < 4.78 is 5.82. The van der Waals surface area contributed by atoms with Gasteiger partial charge in [0.25, 0.3) is 17.7 Å². The number of amides is 8. The van der Waals surface area contributed by atoms with E-state index in [0.717, 1.165) is 0 Å². The number of nitrogens with zero attached hydrogens (tertiary/aromatic N) is 3. The van der Waals surface area contributed by atoms with Gasteiger partial charge in [-0.1, -0.05) is 56.7 Å². The van der Waals surface area contributed by atoms with E-state index in [2.05, 4.69) is 26.3 Å². The largest absolute Gasteiger partial charge is 0.456 e. The summed E-state index contributed by atoms with van der Waals surface area (Å²) in [6.45, 7) is 8.63. The maximum atomic E-state index is 13.8. The van der Waals surface area contributed by atoms with Gasteiger partial charge < -0.3 is 30.8 Å². The Morgan fingerprint density at radius 3 is 2.22 bits per heavy atom. The number of rotatable bonds is 15. The molecule has 3 aliphatic heterocycles. The number of hydrogen-bond donors (Lipinski definition) is 4. The minimum absolute atomic E-state index is 0.00760. The molecule has 1 saturated carbocycles. The number of carbonyl (C=O) groups is 10. The third-order valence-corrected chi connectivity index (χ3v) is 15.0. The highest BCUT2D eigenvalue weighted by atomic mass is 33.1. The molecule has 0 bridgehead atoms. The van der Waals surface area contributed by atoms with Crippen LogP contribution in [0.15, 0.2) is 53.3 Å². The Balaban J connectivity index is 1.19. The number of hydroxylamine groups is 2. The van der Waals surface area contributed by atoms with Crippen molar-refractivity contribution in [3.05, 3.63) is 48.3 Å². The molecule has 4 fully saturated rings. The van der Waals surface area contributed by atoms with Crippen LogP contribution in [0.1, 0.15) is 92.4 Å². The Morgan fingerprint density at radius 2 is 1.58 bits per heavy atom. The summed E-state index contributed by atoms with van der Waals surface area (Å²) in [6, 6.07) is 1.98. The molecular weight excluding hydrogens is 927 g/mol. The second-order valence-electron chi connectivity index (χ2n) is 17.3. The van der Waals surface area contributed by atoms with Crippen molar-refractivity contribution in [3.63, 3.8) is 0 Å². The number of ether oxygens (including phenoxy) is 1. The van der Waals surface area contributed by atoms with Gasteiger partial charge in [-0.3, -0.25) is 43.3 Å².